The van der Waals surface area contributed by atoms with Gasteiger partial charge in [-0.3, -0.25) is 9.48 Å². The molecule has 140 valence electrons. The number of imidazole rings is 1. The summed E-state index contributed by atoms with van der Waals surface area (Å²) in [6.45, 7) is 6.67. The summed E-state index contributed by atoms with van der Waals surface area (Å²) in [5.41, 5.74) is 1.12. The lowest BCUT2D eigenvalue weighted by Gasteiger charge is -2.37. The summed E-state index contributed by atoms with van der Waals surface area (Å²) in [5, 5.41) is 4.23. The molecule has 0 aromatic carbocycles. The highest BCUT2D eigenvalue weighted by Crippen LogP contribution is 2.35. The molecule has 8 heteroatoms. The number of nitrogens with zero attached hydrogens (tertiary/aromatic N) is 6. The van der Waals surface area contributed by atoms with Crippen LogP contribution in [-0.2, 0) is 23.1 Å². The SMILES string of the molecule is CCn1ccnc1[C@@H]1OCC[C@H]1C(=O)N1CCN(c2cnn(C)c2)CC1. The van der Waals surface area contributed by atoms with E-state index in [-0.39, 0.29) is 17.9 Å². The second kappa shape index (κ2) is 7.11. The number of ether oxygens (including phenoxy) is 1. The van der Waals surface area contributed by atoms with Gasteiger partial charge in [0.05, 0.1) is 17.8 Å². The topological polar surface area (TPSA) is 68.4 Å². The Morgan fingerprint density at radius 1 is 1.31 bits per heavy atom. The van der Waals surface area contributed by atoms with Crippen molar-refractivity contribution in [2.45, 2.75) is 26.0 Å². The van der Waals surface area contributed by atoms with Crippen molar-refractivity contribution in [1.82, 2.24) is 24.2 Å². The molecule has 0 N–H and O–H groups in total. The van der Waals surface area contributed by atoms with E-state index in [2.05, 4.69) is 26.5 Å². The molecule has 2 atom stereocenters. The zero-order chi connectivity index (χ0) is 18.1. The first kappa shape index (κ1) is 17.1. The van der Waals surface area contributed by atoms with E-state index < -0.39 is 0 Å². The minimum atomic E-state index is -0.228. The Hall–Kier alpha value is -2.35. The lowest BCUT2D eigenvalue weighted by Crippen LogP contribution is -2.50. The van der Waals surface area contributed by atoms with Crippen molar-refractivity contribution in [2.75, 3.05) is 37.7 Å². The number of aryl methyl sites for hydroxylation is 2. The molecule has 4 rings (SSSR count). The van der Waals surface area contributed by atoms with Gasteiger partial charge in [0.2, 0.25) is 5.91 Å². The number of hydrogen-bond donors (Lipinski definition) is 0. The first-order chi connectivity index (χ1) is 12.7. The van der Waals surface area contributed by atoms with Gasteiger partial charge in [-0.05, 0) is 13.3 Å². The summed E-state index contributed by atoms with van der Waals surface area (Å²) in [7, 11) is 1.92. The van der Waals surface area contributed by atoms with Crippen LogP contribution in [0.1, 0.15) is 25.3 Å². The molecule has 2 aromatic rings. The average molecular weight is 358 g/mol. The normalized spacial score (nSPS) is 23.6. The van der Waals surface area contributed by atoms with E-state index in [1.165, 1.54) is 0 Å². The minimum Gasteiger partial charge on any atom is -0.369 e. The zero-order valence-electron chi connectivity index (χ0n) is 15.4. The van der Waals surface area contributed by atoms with Gasteiger partial charge in [0.1, 0.15) is 11.9 Å². The number of piperazine rings is 1. The largest absolute Gasteiger partial charge is 0.369 e. The minimum absolute atomic E-state index is 0.132. The zero-order valence-corrected chi connectivity index (χ0v) is 15.4. The van der Waals surface area contributed by atoms with Gasteiger partial charge in [-0.1, -0.05) is 0 Å². The first-order valence-electron chi connectivity index (χ1n) is 9.32. The summed E-state index contributed by atoms with van der Waals surface area (Å²) in [6, 6.07) is 0. The van der Waals surface area contributed by atoms with Crippen LogP contribution >= 0.6 is 0 Å². The third kappa shape index (κ3) is 3.09. The molecule has 0 spiro atoms. The van der Waals surface area contributed by atoms with E-state index in [1.54, 1.807) is 6.20 Å². The van der Waals surface area contributed by atoms with Crippen molar-refractivity contribution >= 4 is 11.6 Å². The van der Waals surface area contributed by atoms with Gasteiger partial charge in [-0.25, -0.2) is 4.98 Å². The predicted octanol–water partition coefficient (Wildman–Crippen LogP) is 1.06. The number of hydrogen-bond acceptors (Lipinski definition) is 5. The van der Waals surface area contributed by atoms with Crippen LogP contribution < -0.4 is 4.90 Å². The van der Waals surface area contributed by atoms with Crippen molar-refractivity contribution in [3.05, 3.63) is 30.6 Å². The molecule has 8 nitrogen and oxygen atoms in total. The van der Waals surface area contributed by atoms with Gasteiger partial charge in [0.15, 0.2) is 0 Å². The Bertz CT molecular complexity index is 761. The van der Waals surface area contributed by atoms with Crippen LogP contribution in [0.3, 0.4) is 0 Å². The van der Waals surface area contributed by atoms with Crippen molar-refractivity contribution in [2.24, 2.45) is 13.0 Å². The smallest absolute Gasteiger partial charge is 0.228 e. The second-order valence-electron chi connectivity index (χ2n) is 6.94. The van der Waals surface area contributed by atoms with Crippen molar-refractivity contribution in [3.63, 3.8) is 0 Å². The Morgan fingerprint density at radius 2 is 2.12 bits per heavy atom. The molecule has 2 saturated heterocycles. The quantitative estimate of drug-likeness (QED) is 0.818. The maximum Gasteiger partial charge on any atom is 0.228 e. The molecular formula is C18H26N6O2. The third-order valence-electron chi connectivity index (χ3n) is 5.40. The predicted molar refractivity (Wildman–Crippen MR) is 96.7 cm³/mol. The summed E-state index contributed by atoms with van der Waals surface area (Å²) >= 11 is 0. The molecule has 0 unspecified atom stereocenters. The lowest BCUT2D eigenvalue weighted by atomic mass is 9.98. The van der Waals surface area contributed by atoms with E-state index in [4.69, 9.17) is 4.74 Å². The Labute approximate surface area is 153 Å². The second-order valence-corrected chi connectivity index (χ2v) is 6.94. The number of anilines is 1. The maximum atomic E-state index is 13.1. The summed E-state index contributed by atoms with van der Waals surface area (Å²) in [5.74, 6) is 0.939. The van der Waals surface area contributed by atoms with Crippen LogP contribution in [0.25, 0.3) is 0 Å². The van der Waals surface area contributed by atoms with Gasteiger partial charge in [-0.15, -0.1) is 0 Å². The van der Waals surface area contributed by atoms with Gasteiger partial charge in [-0.2, -0.15) is 5.10 Å². The molecular weight excluding hydrogens is 332 g/mol. The Balaban J connectivity index is 1.41. The van der Waals surface area contributed by atoms with Gasteiger partial charge < -0.3 is 19.1 Å². The van der Waals surface area contributed by atoms with Crippen molar-refractivity contribution < 1.29 is 9.53 Å². The molecule has 0 bridgehead atoms. The van der Waals surface area contributed by atoms with Gasteiger partial charge in [0, 0.05) is 65.0 Å². The van der Waals surface area contributed by atoms with Crippen LogP contribution in [0.5, 0.6) is 0 Å². The lowest BCUT2D eigenvalue weighted by molar-refractivity contribution is -0.138. The van der Waals surface area contributed by atoms with Crippen LogP contribution in [-0.4, -0.2) is 62.9 Å². The van der Waals surface area contributed by atoms with E-state index >= 15 is 0 Å². The average Bonchev–Trinajstić information content (AvgIpc) is 3.40. The van der Waals surface area contributed by atoms with Gasteiger partial charge in [0.25, 0.3) is 0 Å². The number of carbonyl (C=O) groups excluding carboxylic acids is 1. The van der Waals surface area contributed by atoms with Crippen LogP contribution in [0.15, 0.2) is 24.8 Å². The highest BCUT2D eigenvalue weighted by Gasteiger charge is 2.40. The standard InChI is InChI=1S/C18H26N6O2/c1-3-22-6-5-19-17(22)16-15(4-11-26-16)18(25)24-9-7-23(8-10-24)14-12-20-21(2)13-14/h5-6,12-13,15-16H,3-4,7-11H2,1-2H3/t15-,16-/m1/s1. The van der Waals surface area contributed by atoms with E-state index in [0.29, 0.717) is 6.61 Å². The molecule has 0 radical (unpaired) electrons. The van der Waals surface area contributed by atoms with Crippen LogP contribution in [0, 0.1) is 5.92 Å². The van der Waals surface area contributed by atoms with Crippen molar-refractivity contribution in [1.29, 1.82) is 0 Å². The fourth-order valence-electron chi connectivity index (χ4n) is 3.93. The number of aromatic nitrogens is 4. The number of rotatable bonds is 4. The first-order valence-corrected chi connectivity index (χ1v) is 9.32. The van der Waals surface area contributed by atoms with Crippen LogP contribution in [0.2, 0.25) is 0 Å². The van der Waals surface area contributed by atoms with Crippen molar-refractivity contribution in [3.8, 4) is 0 Å². The third-order valence-corrected chi connectivity index (χ3v) is 5.40. The molecule has 4 heterocycles. The number of carbonyl (C=O) groups is 1. The monoisotopic (exact) mass is 358 g/mol. The molecule has 2 aromatic heterocycles. The molecule has 2 aliphatic rings. The highest BCUT2D eigenvalue weighted by molar-refractivity contribution is 5.80. The summed E-state index contributed by atoms with van der Waals surface area (Å²) in [4.78, 5) is 21.8. The Morgan fingerprint density at radius 3 is 2.81 bits per heavy atom. The number of amides is 1. The van der Waals surface area contributed by atoms with E-state index in [9.17, 15) is 4.79 Å². The summed E-state index contributed by atoms with van der Waals surface area (Å²) in [6.07, 6.45) is 8.17. The molecule has 0 saturated carbocycles. The van der Waals surface area contributed by atoms with E-state index in [0.717, 1.165) is 50.7 Å². The molecule has 26 heavy (non-hydrogen) atoms. The summed E-state index contributed by atoms with van der Waals surface area (Å²) < 4.78 is 9.78. The van der Waals surface area contributed by atoms with E-state index in [1.807, 2.05) is 35.2 Å². The Kier molecular flexibility index (Phi) is 4.67. The molecule has 2 aliphatic heterocycles. The molecule has 2 fully saturated rings. The fraction of sp³-hybridized carbons (Fsp3) is 0.611. The van der Waals surface area contributed by atoms with Crippen LogP contribution in [0.4, 0.5) is 5.69 Å². The molecule has 0 aliphatic carbocycles. The fourth-order valence-corrected chi connectivity index (χ4v) is 3.93. The van der Waals surface area contributed by atoms with Gasteiger partial charge >= 0.3 is 0 Å². The maximum absolute atomic E-state index is 13.1. The highest BCUT2D eigenvalue weighted by atomic mass is 16.5. The molecule has 1 amide bonds.